The lowest BCUT2D eigenvalue weighted by Crippen LogP contribution is -2.13. The molecule has 0 atom stereocenters. The maximum Gasteiger partial charge on any atom is 0.263 e. The van der Waals surface area contributed by atoms with Crippen LogP contribution in [0, 0.1) is 13.8 Å². The molecule has 19 heavy (non-hydrogen) atoms. The average molecular weight is 283 g/mol. The van der Waals surface area contributed by atoms with Gasteiger partial charge < -0.3 is 10.3 Å². The van der Waals surface area contributed by atoms with Crippen molar-refractivity contribution in [3.63, 3.8) is 0 Å². The van der Waals surface area contributed by atoms with Crippen LogP contribution < -0.4 is 10.0 Å². The van der Waals surface area contributed by atoms with Gasteiger partial charge in [0.05, 0.1) is 17.1 Å². The highest BCUT2D eigenvalue weighted by Crippen LogP contribution is 2.21. The summed E-state index contributed by atoms with van der Waals surface area (Å²) in [6, 6.07) is 1.60. The second-order valence-corrected chi connectivity index (χ2v) is 5.99. The van der Waals surface area contributed by atoms with Crippen molar-refractivity contribution in [1.82, 2.24) is 20.5 Å². The van der Waals surface area contributed by atoms with Crippen molar-refractivity contribution in [2.45, 2.75) is 25.3 Å². The van der Waals surface area contributed by atoms with Crippen molar-refractivity contribution < 1.29 is 8.42 Å². The summed E-state index contributed by atoms with van der Waals surface area (Å²) in [6.45, 7) is 4.09. The van der Waals surface area contributed by atoms with Crippen molar-refractivity contribution in [2.75, 3.05) is 11.8 Å². The quantitative estimate of drug-likeness (QED) is 0.654. The van der Waals surface area contributed by atoms with Crippen molar-refractivity contribution in [3.05, 3.63) is 29.3 Å². The molecule has 2 heterocycles. The molecule has 0 unspecified atom stereocenters. The number of H-pyrrole nitrogens is 2. The zero-order chi connectivity index (χ0) is 14.0. The summed E-state index contributed by atoms with van der Waals surface area (Å²) in [5.74, 6) is 0. The van der Waals surface area contributed by atoms with Gasteiger partial charge in [0.15, 0.2) is 0 Å². The monoisotopic (exact) mass is 283 g/mol. The lowest BCUT2D eigenvalue weighted by molar-refractivity contribution is 0.601. The highest BCUT2D eigenvalue weighted by molar-refractivity contribution is 7.92. The molecular weight excluding hydrogens is 266 g/mol. The van der Waals surface area contributed by atoms with E-state index in [2.05, 4.69) is 25.2 Å². The van der Waals surface area contributed by atoms with Crippen LogP contribution in [0.5, 0.6) is 0 Å². The molecule has 0 spiro atoms. The number of sulfonamides is 1. The van der Waals surface area contributed by atoms with Crippen LogP contribution in [-0.4, -0.2) is 30.6 Å². The first-order valence-electron chi connectivity index (χ1n) is 5.80. The number of hydrogen-bond acceptors (Lipinski definition) is 4. The molecule has 2 rings (SSSR count). The standard InChI is InChI=1S/C11H17N5O2S/c1-7-11(8(2)15-14-7)16-19(17,18)10-4-9(5-12-3)13-6-10/h4,6,12-13,16H,5H2,1-3H3,(H,14,15). The van der Waals surface area contributed by atoms with Gasteiger partial charge in [0.1, 0.15) is 4.90 Å². The van der Waals surface area contributed by atoms with Gasteiger partial charge in [0, 0.05) is 18.4 Å². The van der Waals surface area contributed by atoms with Crippen LogP contribution in [0.25, 0.3) is 0 Å². The minimum atomic E-state index is -3.59. The molecule has 0 radical (unpaired) electrons. The van der Waals surface area contributed by atoms with Crippen LogP contribution in [0.2, 0.25) is 0 Å². The van der Waals surface area contributed by atoms with Gasteiger partial charge in [-0.15, -0.1) is 0 Å². The Bertz CT molecular complexity index is 652. The van der Waals surface area contributed by atoms with Gasteiger partial charge >= 0.3 is 0 Å². The fourth-order valence-electron chi connectivity index (χ4n) is 1.76. The van der Waals surface area contributed by atoms with Crippen LogP contribution in [0.1, 0.15) is 17.1 Å². The summed E-state index contributed by atoms with van der Waals surface area (Å²) in [7, 11) is -1.80. The topological polar surface area (TPSA) is 103 Å². The molecule has 0 fully saturated rings. The zero-order valence-electron chi connectivity index (χ0n) is 11.0. The number of aromatic amines is 2. The smallest absolute Gasteiger partial charge is 0.263 e. The fraction of sp³-hybridized carbons (Fsp3) is 0.364. The lowest BCUT2D eigenvalue weighted by atomic mass is 10.3. The fourth-order valence-corrected chi connectivity index (χ4v) is 2.96. The van der Waals surface area contributed by atoms with Crippen LogP contribution in [0.3, 0.4) is 0 Å². The molecule has 0 amide bonds. The Labute approximate surface area is 111 Å². The number of nitrogens with zero attached hydrogens (tertiary/aromatic N) is 1. The van der Waals surface area contributed by atoms with Crippen LogP contribution >= 0.6 is 0 Å². The van der Waals surface area contributed by atoms with Crippen molar-refractivity contribution >= 4 is 15.7 Å². The van der Waals surface area contributed by atoms with Gasteiger partial charge in [-0.25, -0.2) is 8.42 Å². The van der Waals surface area contributed by atoms with Crippen molar-refractivity contribution in [3.8, 4) is 0 Å². The predicted octanol–water partition coefficient (Wildman–Crippen LogP) is 0.875. The normalized spacial score (nSPS) is 11.7. The van der Waals surface area contributed by atoms with E-state index in [0.29, 0.717) is 23.6 Å². The van der Waals surface area contributed by atoms with E-state index in [1.165, 1.54) is 6.20 Å². The summed E-state index contributed by atoms with van der Waals surface area (Å²) in [5.41, 5.74) is 2.61. The zero-order valence-corrected chi connectivity index (χ0v) is 11.9. The van der Waals surface area contributed by atoms with Gasteiger partial charge in [-0.1, -0.05) is 0 Å². The average Bonchev–Trinajstić information content (AvgIpc) is 2.92. The molecule has 2 aromatic rings. The van der Waals surface area contributed by atoms with Gasteiger partial charge in [0.25, 0.3) is 10.0 Å². The second kappa shape index (κ2) is 5.06. The molecule has 104 valence electrons. The lowest BCUT2D eigenvalue weighted by Gasteiger charge is -2.06. The second-order valence-electron chi connectivity index (χ2n) is 4.31. The van der Waals surface area contributed by atoms with Crippen molar-refractivity contribution in [1.29, 1.82) is 0 Å². The highest BCUT2D eigenvalue weighted by atomic mass is 32.2. The third kappa shape index (κ3) is 2.79. The summed E-state index contributed by atoms with van der Waals surface area (Å²) >= 11 is 0. The van der Waals surface area contributed by atoms with E-state index in [1.807, 2.05) is 0 Å². The van der Waals surface area contributed by atoms with E-state index in [1.54, 1.807) is 27.0 Å². The van der Waals surface area contributed by atoms with E-state index in [0.717, 1.165) is 5.69 Å². The number of hydrogen-bond donors (Lipinski definition) is 4. The van der Waals surface area contributed by atoms with Gasteiger partial charge in [-0.05, 0) is 27.0 Å². The Balaban J connectivity index is 2.27. The van der Waals surface area contributed by atoms with Gasteiger partial charge in [-0.2, -0.15) is 5.10 Å². The molecule has 0 aliphatic heterocycles. The highest BCUT2D eigenvalue weighted by Gasteiger charge is 2.19. The number of anilines is 1. The van der Waals surface area contributed by atoms with E-state index in [-0.39, 0.29) is 4.90 Å². The molecule has 0 aliphatic carbocycles. The third-order valence-corrected chi connectivity index (χ3v) is 4.09. The van der Waals surface area contributed by atoms with Crippen molar-refractivity contribution in [2.24, 2.45) is 0 Å². The molecule has 7 nitrogen and oxygen atoms in total. The number of aromatic nitrogens is 3. The van der Waals surface area contributed by atoms with E-state index in [4.69, 9.17) is 0 Å². The summed E-state index contributed by atoms with van der Waals surface area (Å²) in [6.07, 6.45) is 1.47. The molecule has 4 N–H and O–H groups in total. The Morgan fingerprint density at radius 3 is 2.68 bits per heavy atom. The minimum Gasteiger partial charge on any atom is -0.363 e. The predicted molar refractivity (Wildman–Crippen MR) is 72.4 cm³/mol. The Morgan fingerprint density at radius 2 is 2.11 bits per heavy atom. The Hall–Kier alpha value is -1.80. The first-order chi connectivity index (χ1) is 8.94. The molecule has 0 saturated heterocycles. The Kier molecular flexibility index (Phi) is 3.63. The maximum absolute atomic E-state index is 12.2. The molecule has 0 aromatic carbocycles. The van der Waals surface area contributed by atoms with E-state index < -0.39 is 10.0 Å². The van der Waals surface area contributed by atoms with E-state index in [9.17, 15) is 8.42 Å². The third-order valence-electron chi connectivity index (χ3n) is 2.76. The summed E-state index contributed by atoms with van der Waals surface area (Å²) in [4.78, 5) is 3.12. The maximum atomic E-state index is 12.2. The number of rotatable bonds is 5. The molecule has 0 saturated carbocycles. The van der Waals surface area contributed by atoms with Gasteiger partial charge in [-0.3, -0.25) is 9.82 Å². The van der Waals surface area contributed by atoms with Crippen LogP contribution in [0.15, 0.2) is 17.2 Å². The summed E-state index contributed by atoms with van der Waals surface area (Å²) < 4.78 is 27.0. The largest absolute Gasteiger partial charge is 0.363 e. The molecule has 2 aromatic heterocycles. The van der Waals surface area contributed by atoms with Gasteiger partial charge in [0.2, 0.25) is 0 Å². The molecule has 0 bridgehead atoms. The van der Waals surface area contributed by atoms with Crippen LogP contribution in [0.4, 0.5) is 5.69 Å². The molecule has 8 heteroatoms. The SMILES string of the molecule is CNCc1cc(S(=O)(=O)Nc2c(C)n[nH]c2C)c[nH]1. The first kappa shape index (κ1) is 13.6. The number of nitrogens with one attached hydrogen (secondary N) is 4. The first-order valence-corrected chi connectivity index (χ1v) is 7.28. The number of aryl methyl sites for hydroxylation is 2. The molecule has 0 aliphatic rings. The molecular formula is C11H17N5O2S. The van der Waals surface area contributed by atoms with E-state index >= 15 is 0 Å². The minimum absolute atomic E-state index is 0.206. The summed E-state index contributed by atoms with van der Waals surface area (Å²) in [5, 5.41) is 9.65. The van der Waals surface area contributed by atoms with Crippen LogP contribution in [-0.2, 0) is 16.6 Å². The Morgan fingerprint density at radius 1 is 1.37 bits per heavy atom.